The molecule has 2 aromatic carbocycles. The quantitative estimate of drug-likeness (QED) is 0.283. The van der Waals surface area contributed by atoms with E-state index in [1.807, 2.05) is 42.5 Å². The van der Waals surface area contributed by atoms with E-state index in [0.717, 1.165) is 40.4 Å². The lowest BCUT2D eigenvalue weighted by Gasteiger charge is -2.34. The van der Waals surface area contributed by atoms with Crippen LogP contribution in [0.25, 0.3) is 22.0 Å². The number of carbonyl (C=O) groups excluding carboxylic acids is 1. The molecule has 0 atom stereocenters. The highest BCUT2D eigenvalue weighted by atomic mass is 16.5. The number of fused-ring (bicyclic) bond motifs is 1. The number of hydrogen-bond acceptors (Lipinski definition) is 7. The van der Waals surface area contributed by atoms with Gasteiger partial charge in [0, 0.05) is 35.2 Å². The number of carbonyl (C=O) groups is 1. The number of nitriles is 1. The van der Waals surface area contributed by atoms with Crippen LogP contribution in [0.2, 0.25) is 0 Å². The number of nitrogens with zero attached hydrogens (tertiary/aromatic N) is 3. The fourth-order valence-electron chi connectivity index (χ4n) is 5.56. The number of rotatable bonds is 8. The SMILES string of the molecule is C=C(C#N)CNc1c(OC)ccc2ccc(-c3cccc(C=O)n3)cc12.CNC1CCC(N2CCCC2)CC1. The first-order valence-corrected chi connectivity index (χ1v) is 13.8. The van der Waals surface area contributed by atoms with Crippen molar-refractivity contribution in [1.29, 1.82) is 5.26 Å². The van der Waals surface area contributed by atoms with Crippen molar-refractivity contribution in [3.05, 3.63) is 66.4 Å². The van der Waals surface area contributed by atoms with E-state index in [4.69, 9.17) is 10.00 Å². The molecule has 1 saturated heterocycles. The largest absolute Gasteiger partial charge is 0.495 e. The Labute approximate surface area is 231 Å². The molecule has 204 valence electrons. The van der Waals surface area contributed by atoms with Crippen molar-refractivity contribution in [3.63, 3.8) is 0 Å². The van der Waals surface area contributed by atoms with Crippen molar-refractivity contribution in [2.45, 2.75) is 50.6 Å². The van der Waals surface area contributed by atoms with Crippen LogP contribution in [0, 0.1) is 11.3 Å². The van der Waals surface area contributed by atoms with Crippen LogP contribution in [-0.4, -0.2) is 62.0 Å². The second kappa shape index (κ2) is 13.9. The van der Waals surface area contributed by atoms with Gasteiger partial charge in [0.25, 0.3) is 0 Å². The number of pyridine rings is 1. The summed E-state index contributed by atoms with van der Waals surface area (Å²) >= 11 is 0. The summed E-state index contributed by atoms with van der Waals surface area (Å²) in [6.07, 6.45) is 9.22. The van der Waals surface area contributed by atoms with E-state index in [9.17, 15) is 4.79 Å². The molecule has 2 N–H and O–H groups in total. The van der Waals surface area contributed by atoms with Gasteiger partial charge in [0.2, 0.25) is 0 Å². The van der Waals surface area contributed by atoms with Crippen LogP contribution in [0.5, 0.6) is 5.75 Å². The zero-order valence-corrected chi connectivity index (χ0v) is 23.1. The normalized spacial score (nSPS) is 19.0. The number of ether oxygens (including phenoxy) is 1. The van der Waals surface area contributed by atoms with Crippen LogP contribution in [0.1, 0.15) is 49.0 Å². The van der Waals surface area contributed by atoms with Crippen LogP contribution in [0.4, 0.5) is 5.69 Å². The van der Waals surface area contributed by atoms with Gasteiger partial charge in [-0.15, -0.1) is 0 Å². The van der Waals surface area contributed by atoms with Gasteiger partial charge in [-0.3, -0.25) is 4.79 Å². The second-order valence-electron chi connectivity index (χ2n) is 10.3. The summed E-state index contributed by atoms with van der Waals surface area (Å²) in [5.74, 6) is 0.676. The van der Waals surface area contributed by atoms with Crippen LogP contribution in [0.3, 0.4) is 0 Å². The molecule has 7 nitrogen and oxygen atoms in total. The Bertz CT molecular complexity index is 1320. The first kappa shape index (κ1) is 28.3. The van der Waals surface area contributed by atoms with Gasteiger partial charge in [-0.1, -0.05) is 30.8 Å². The van der Waals surface area contributed by atoms with Crippen molar-refractivity contribution in [2.24, 2.45) is 0 Å². The standard InChI is InChI=1S/C21H17N3O2.C11H22N2/c1-14(11-22)12-23-21-18-10-16(19-5-3-4-17(13-25)24-19)7-6-15(18)8-9-20(21)26-2;1-12-10-4-6-11(7-5-10)13-8-2-3-9-13/h3-10,13,23H,1,12H2,2H3;10-12H,2-9H2,1H3. The third-order valence-electron chi connectivity index (χ3n) is 7.79. The fraction of sp³-hybridized carbons (Fsp3) is 0.406. The number of hydrogen-bond donors (Lipinski definition) is 2. The molecular formula is C32H39N5O2. The highest BCUT2D eigenvalue weighted by molar-refractivity contribution is 5.99. The molecule has 1 aliphatic carbocycles. The molecule has 0 radical (unpaired) electrons. The highest BCUT2D eigenvalue weighted by Gasteiger charge is 2.26. The first-order valence-electron chi connectivity index (χ1n) is 13.8. The third kappa shape index (κ3) is 7.23. The van der Waals surface area contributed by atoms with Crippen LogP contribution in [-0.2, 0) is 0 Å². The molecule has 0 unspecified atom stereocenters. The van der Waals surface area contributed by atoms with Crippen molar-refractivity contribution in [2.75, 3.05) is 39.1 Å². The summed E-state index contributed by atoms with van der Waals surface area (Å²) in [6.45, 7) is 6.77. The molecule has 5 rings (SSSR count). The van der Waals surface area contributed by atoms with E-state index in [0.29, 0.717) is 29.3 Å². The molecule has 2 aliphatic rings. The molecule has 3 aromatic rings. The topological polar surface area (TPSA) is 90.3 Å². The molecule has 0 bridgehead atoms. The average molecular weight is 526 g/mol. The summed E-state index contributed by atoms with van der Waals surface area (Å²) in [5, 5.41) is 17.5. The van der Waals surface area contributed by atoms with E-state index < -0.39 is 0 Å². The molecule has 1 aliphatic heterocycles. The van der Waals surface area contributed by atoms with E-state index in [1.54, 1.807) is 19.2 Å². The van der Waals surface area contributed by atoms with Gasteiger partial charge in [0.05, 0.1) is 24.6 Å². The highest BCUT2D eigenvalue weighted by Crippen LogP contribution is 2.35. The molecule has 2 fully saturated rings. The van der Waals surface area contributed by atoms with Gasteiger partial charge in [-0.25, -0.2) is 4.98 Å². The predicted octanol–water partition coefficient (Wildman–Crippen LogP) is 5.83. The van der Waals surface area contributed by atoms with Crippen LogP contribution in [0.15, 0.2) is 60.7 Å². The summed E-state index contributed by atoms with van der Waals surface area (Å²) in [5.41, 5.74) is 3.20. The zero-order valence-electron chi connectivity index (χ0n) is 23.1. The fourth-order valence-corrected chi connectivity index (χ4v) is 5.56. The van der Waals surface area contributed by atoms with Gasteiger partial charge < -0.3 is 20.3 Å². The van der Waals surface area contributed by atoms with Crippen LogP contribution < -0.4 is 15.4 Å². The third-order valence-corrected chi connectivity index (χ3v) is 7.79. The monoisotopic (exact) mass is 525 g/mol. The van der Waals surface area contributed by atoms with E-state index >= 15 is 0 Å². The van der Waals surface area contributed by atoms with E-state index in [-0.39, 0.29) is 0 Å². The Morgan fingerprint density at radius 2 is 1.90 bits per heavy atom. The van der Waals surface area contributed by atoms with Gasteiger partial charge in [-0.05, 0) is 88.3 Å². The summed E-state index contributed by atoms with van der Waals surface area (Å²) in [7, 11) is 3.70. The maximum atomic E-state index is 11.0. The number of methoxy groups -OCH3 is 1. The Kier molecular flexibility index (Phi) is 10.1. The van der Waals surface area contributed by atoms with Crippen LogP contribution >= 0.6 is 0 Å². The molecule has 39 heavy (non-hydrogen) atoms. The molecule has 2 heterocycles. The van der Waals surface area contributed by atoms with Gasteiger partial charge in [-0.2, -0.15) is 5.26 Å². The second-order valence-corrected chi connectivity index (χ2v) is 10.3. The predicted molar refractivity (Wildman–Crippen MR) is 158 cm³/mol. The molecule has 0 amide bonds. The van der Waals surface area contributed by atoms with Crippen molar-refractivity contribution >= 4 is 22.7 Å². The average Bonchev–Trinajstić information content (AvgIpc) is 3.55. The number of aldehydes is 1. The minimum Gasteiger partial charge on any atom is -0.495 e. The Morgan fingerprint density at radius 3 is 2.56 bits per heavy atom. The molecule has 1 aromatic heterocycles. The number of likely N-dealkylation sites (tertiary alicyclic amines) is 1. The lowest BCUT2D eigenvalue weighted by Crippen LogP contribution is -2.40. The summed E-state index contributed by atoms with van der Waals surface area (Å²) in [6, 6.07) is 18.9. The van der Waals surface area contributed by atoms with Crippen molar-refractivity contribution < 1.29 is 9.53 Å². The van der Waals surface area contributed by atoms with Gasteiger partial charge in [0.1, 0.15) is 11.4 Å². The maximum Gasteiger partial charge on any atom is 0.168 e. The molecule has 7 heteroatoms. The lowest BCUT2D eigenvalue weighted by molar-refractivity contribution is 0.111. The number of anilines is 1. The van der Waals surface area contributed by atoms with Gasteiger partial charge in [0.15, 0.2) is 6.29 Å². The number of nitrogens with one attached hydrogen (secondary N) is 2. The number of aromatic nitrogens is 1. The number of benzene rings is 2. The van der Waals surface area contributed by atoms with E-state index in [2.05, 4.69) is 34.1 Å². The van der Waals surface area contributed by atoms with Crippen molar-refractivity contribution in [1.82, 2.24) is 15.2 Å². The molecule has 0 spiro atoms. The first-order chi connectivity index (χ1) is 19.1. The Balaban J connectivity index is 0.000000226. The smallest absolute Gasteiger partial charge is 0.168 e. The Morgan fingerprint density at radius 1 is 1.15 bits per heavy atom. The summed E-state index contributed by atoms with van der Waals surface area (Å²) in [4.78, 5) is 18.1. The minimum atomic E-state index is 0.328. The Hall–Kier alpha value is -3.73. The molecular weight excluding hydrogens is 486 g/mol. The minimum absolute atomic E-state index is 0.328. The van der Waals surface area contributed by atoms with E-state index in [1.165, 1.54) is 51.6 Å². The molecule has 1 saturated carbocycles. The summed E-state index contributed by atoms with van der Waals surface area (Å²) < 4.78 is 5.46. The lowest BCUT2D eigenvalue weighted by atomic mass is 9.90. The maximum absolute atomic E-state index is 11.0. The van der Waals surface area contributed by atoms with Gasteiger partial charge >= 0.3 is 0 Å². The zero-order chi connectivity index (χ0) is 27.6. The van der Waals surface area contributed by atoms with Crippen molar-refractivity contribution in [3.8, 4) is 23.1 Å².